The van der Waals surface area contributed by atoms with Gasteiger partial charge in [-0.2, -0.15) is 0 Å². The Balaban J connectivity index is 2.52. The fourth-order valence-corrected chi connectivity index (χ4v) is 1.92. The highest BCUT2D eigenvalue weighted by Gasteiger charge is 2.19. The van der Waals surface area contributed by atoms with E-state index >= 15 is 0 Å². The first-order valence-corrected chi connectivity index (χ1v) is 5.23. The topological polar surface area (TPSA) is 35.2 Å². The lowest BCUT2D eigenvalue weighted by Crippen LogP contribution is -2.20. The molecule has 2 nitrogen and oxygen atoms in total. The molecule has 1 aromatic rings. The molecule has 2 N–H and O–H groups in total. The molecule has 1 atom stereocenters. The Labute approximate surface area is 90.1 Å². The number of hydrogen-bond donors (Lipinski definition) is 1. The Hall–Kier alpha value is -0.250. The van der Waals surface area contributed by atoms with Crippen LogP contribution < -0.4 is 10.5 Å². The molecule has 0 spiro atoms. The van der Waals surface area contributed by atoms with Crippen molar-refractivity contribution in [2.75, 3.05) is 6.61 Å². The molecule has 1 aliphatic rings. The largest absolute Gasteiger partial charge is 0.493 e. The van der Waals surface area contributed by atoms with Crippen LogP contribution in [-0.2, 0) is 0 Å². The van der Waals surface area contributed by atoms with Crippen LogP contribution in [0.1, 0.15) is 18.0 Å². The normalized spacial score (nSPS) is 20.7. The monoisotopic (exact) mass is 261 g/mol. The Bertz CT molecular complexity index is 343. The second kappa shape index (κ2) is 3.48. The van der Waals surface area contributed by atoms with Crippen molar-refractivity contribution in [2.24, 2.45) is 5.73 Å². The third kappa shape index (κ3) is 1.68. The molecule has 0 unspecified atom stereocenters. The highest BCUT2D eigenvalue weighted by atomic mass is 79.9. The predicted molar refractivity (Wildman–Crippen MR) is 56.2 cm³/mol. The average Bonchev–Trinajstić information content (AvgIpc) is 2.09. The van der Waals surface area contributed by atoms with Crippen LogP contribution in [0.15, 0.2) is 16.6 Å². The Morgan fingerprint density at radius 3 is 3.08 bits per heavy atom. The zero-order valence-electron chi connectivity index (χ0n) is 6.89. The molecule has 0 fully saturated rings. The van der Waals surface area contributed by atoms with E-state index in [1.54, 1.807) is 6.07 Å². The quantitative estimate of drug-likeness (QED) is 0.780. The van der Waals surface area contributed by atoms with Gasteiger partial charge in [0.15, 0.2) is 0 Å². The van der Waals surface area contributed by atoms with E-state index in [0.717, 1.165) is 22.2 Å². The van der Waals surface area contributed by atoms with Gasteiger partial charge in [0.25, 0.3) is 0 Å². The number of rotatable bonds is 0. The van der Waals surface area contributed by atoms with E-state index in [1.165, 1.54) is 0 Å². The summed E-state index contributed by atoms with van der Waals surface area (Å²) in [5.41, 5.74) is 6.95. The molecular formula is C9H9BrClNO. The molecule has 1 aliphatic heterocycles. The van der Waals surface area contributed by atoms with E-state index in [2.05, 4.69) is 15.9 Å². The van der Waals surface area contributed by atoms with Crippen molar-refractivity contribution in [1.82, 2.24) is 0 Å². The van der Waals surface area contributed by atoms with Gasteiger partial charge in [0.1, 0.15) is 5.75 Å². The maximum Gasteiger partial charge on any atom is 0.125 e. The van der Waals surface area contributed by atoms with Crippen LogP contribution in [0.3, 0.4) is 0 Å². The van der Waals surface area contributed by atoms with Crippen molar-refractivity contribution >= 4 is 27.5 Å². The van der Waals surface area contributed by atoms with E-state index in [-0.39, 0.29) is 6.04 Å². The van der Waals surface area contributed by atoms with Crippen LogP contribution in [0, 0.1) is 0 Å². The molecule has 0 aliphatic carbocycles. The number of ether oxygens (including phenoxy) is 1. The first-order valence-electron chi connectivity index (χ1n) is 4.06. The minimum absolute atomic E-state index is 0.0670. The summed E-state index contributed by atoms with van der Waals surface area (Å²) in [6.07, 6.45) is 0.862. The molecule has 1 heterocycles. The van der Waals surface area contributed by atoms with E-state index in [1.807, 2.05) is 6.07 Å². The fraction of sp³-hybridized carbons (Fsp3) is 0.333. The lowest BCUT2D eigenvalue weighted by atomic mass is 10.0. The van der Waals surface area contributed by atoms with Gasteiger partial charge in [-0.25, -0.2) is 0 Å². The molecule has 0 saturated carbocycles. The van der Waals surface area contributed by atoms with Crippen LogP contribution >= 0.6 is 27.5 Å². The van der Waals surface area contributed by atoms with Gasteiger partial charge in [0.2, 0.25) is 0 Å². The second-order valence-corrected chi connectivity index (χ2v) is 4.31. The van der Waals surface area contributed by atoms with Gasteiger partial charge in [-0.3, -0.25) is 0 Å². The molecular weight excluding hydrogens is 253 g/mol. The Kier molecular flexibility index (Phi) is 2.49. The van der Waals surface area contributed by atoms with Crippen molar-refractivity contribution in [3.63, 3.8) is 0 Å². The fourth-order valence-electron chi connectivity index (χ4n) is 1.41. The molecule has 0 saturated heterocycles. The molecule has 1 aromatic carbocycles. The Morgan fingerprint density at radius 1 is 1.54 bits per heavy atom. The zero-order valence-corrected chi connectivity index (χ0v) is 9.23. The van der Waals surface area contributed by atoms with Crippen molar-refractivity contribution in [1.29, 1.82) is 0 Å². The van der Waals surface area contributed by atoms with Gasteiger partial charge in [0, 0.05) is 28.6 Å². The molecule has 4 heteroatoms. The van der Waals surface area contributed by atoms with E-state index < -0.39 is 0 Å². The minimum atomic E-state index is 0.0670. The maximum absolute atomic E-state index is 5.93. The third-order valence-electron chi connectivity index (χ3n) is 2.14. The Morgan fingerprint density at radius 2 is 2.31 bits per heavy atom. The summed E-state index contributed by atoms with van der Waals surface area (Å²) in [5.74, 6) is 0.812. The summed E-state index contributed by atoms with van der Waals surface area (Å²) in [6, 6.07) is 3.80. The molecule has 0 aromatic heterocycles. The second-order valence-electron chi connectivity index (χ2n) is 3.05. The van der Waals surface area contributed by atoms with Gasteiger partial charge >= 0.3 is 0 Å². The van der Waals surface area contributed by atoms with Crippen molar-refractivity contribution in [2.45, 2.75) is 12.5 Å². The van der Waals surface area contributed by atoms with E-state index in [4.69, 9.17) is 22.1 Å². The SMILES string of the molecule is N[C@H]1CCOc2cc(Cl)c(Br)cc21. The number of fused-ring (bicyclic) bond motifs is 1. The lowest BCUT2D eigenvalue weighted by molar-refractivity contribution is 0.269. The summed E-state index contributed by atoms with van der Waals surface area (Å²) < 4.78 is 6.31. The number of nitrogens with two attached hydrogens (primary N) is 1. The van der Waals surface area contributed by atoms with E-state index in [9.17, 15) is 0 Å². The van der Waals surface area contributed by atoms with Gasteiger partial charge < -0.3 is 10.5 Å². The van der Waals surface area contributed by atoms with E-state index in [0.29, 0.717) is 11.6 Å². The van der Waals surface area contributed by atoms with Gasteiger partial charge in [0.05, 0.1) is 11.6 Å². The van der Waals surface area contributed by atoms with Crippen molar-refractivity contribution in [3.8, 4) is 5.75 Å². The number of benzene rings is 1. The highest BCUT2D eigenvalue weighted by molar-refractivity contribution is 9.10. The van der Waals surface area contributed by atoms with Crippen LogP contribution in [0.4, 0.5) is 0 Å². The molecule has 2 rings (SSSR count). The maximum atomic E-state index is 5.93. The van der Waals surface area contributed by atoms with Crippen molar-refractivity contribution in [3.05, 3.63) is 27.2 Å². The summed E-state index contributed by atoms with van der Waals surface area (Å²) in [5, 5.41) is 0.660. The zero-order chi connectivity index (χ0) is 9.42. The van der Waals surface area contributed by atoms with Gasteiger partial charge in [-0.05, 0) is 22.0 Å². The summed E-state index contributed by atoms with van der Waals surface area (Å²) >= 11 is 9.28. The molecule has 13 heavy (non-hydrogen) atoms. The number of hydrogen-bond acceptors (Lipinski definition) is 2. The van der Waals surface area contributed by atoms with Crippen molar-refractivity contribution < 1.29 is 4.74 Å². The third-order valence-corrected chi connectivity index (χ3v) is 3.34. The van der Waals surface area contributed by atoms with Crippen LogP contribution in [-0.4, -0.2) is 6.61 Å². The van der Waals surface area contributed by atoms with Gasteiger partial charge in [-0.15, -0.1) is 0 Å². The first-order chi connectivity index (χ1) is 6.18. The van der Waals surface area contributed by atoms with Gasteiger partial charge in [-0.1, -0.05) is 11.6 Å². The first kappa shape index (κ1) is 9.31. The molecule has 0 bridgehead atoms. The van der Waals surface area contributed by atoms with Crippen LogP contribution in [0.2, 0.25) is 5.02 Å². The van der Waals surface area contributed by atoms with Crippen LogP contribution in [0.25, 0.3) is 0 Å². The summed E-state index contributed by atoms with van der Waals surface area (Å²) in [7, 11) is 0. The predicted octanol–water partition coefficient (Wildman–Crippen LogP) is 2.88. The molecule has 70 valence electrons. The minimum Gasteiger partial charge on any atom is -0.493 e. The summed E-state index contributed by atoms with van der Waals surface area (Å²) in [6.45, 7) is 0.673. The molecule has 0 amide bonds. The number of halogens is 2. The smallest absolute Gasteiger partial charge is 0.125 e. The standard InChI is InChI=1S/C9H9BrClNO/c10-6-3-5-8(12)1-2-13-9(5)4-7(6)11/h3-4,8H,1-2,12H2/t8-/m0/s1. The van der Waals surface area contributed by atoms with Crippen LogP contribution in [0.5, 0.6) is 5.75 Å². The summed E-state index contributed by atoms with van der Waals surface area (Å²) in [4.78, 5) is 0. The lowest BCUT2D eigenvalue weighted by Gasteiger charge is -2.23. The highest BCUT2D eigenvalue weighted by Crippen LogP contribution is 2.36. The molecule has 0 radical (unpaired) electrons. The average molecular weight is 263 g/mol.